The number of aliphatic hydroxyl groups is 1. The number of aliphatic hydroxyl groups excluding tert-OH is 1. The van der Waals surface area contributed by atoms with Gasteiger partial charge in [0, 0.05) is 32.2 Å². The van der Waals surface area contributed by atoms with Gasteiger partial charge in [-0.25, -0.2) is 4.79 Å². The highest BCUT2D eigenvalue weighted by Gasteiger charge is 2.58. The summed E-state index contributed by atoms with van der Waals surface area (Å²) in [5, 5.41) is 26.7. The van der Waals surface area contributed by atoms with E-state index in [9.17, 15) is 24.6 Å². The Hall–Kier alpha value is -2.49. The molecule has 2 fully saturated rings. The SMILES string of the molecule is O=C1NC(=O)C(c2cccc(O)c2)(C2CNCCN2CCO)C(=O)N1. The normalized spacial score (nSPS) is 23.9. The van der Waals surface area contributed by atoms with Gasteiger partial charge in [0.2, 0.25) is 11.8 Å². The summed E-state index contributed by atoms with van der Waals surface area (Å²) >= 11 is 0. The number of nitrogens with zero attached hydrogens (tertiary/aromatic N) is 1. The van der Waals surface area contributed by atoms with Gasteiger partial charge in [-0.1, -0.05) is 12.1 Å². The maximum atomic E-state index is 12.9. The number of benzene rings is 1. The number of aromatic hydroxyl groups is 1. The lowest BCUT2D eigenvalue weighted by Crippen LogP contribution is -2.74. The predicted octanol–water partition coefficient (Wildman–Crippen LogP) is -1.74. The van der Waals surface area contributed by atoms with Crippen LogP contribution in [0.4, 0.5) is 4.79 Å². The number of carbonyl (C=O) groups excluding carboxylic acids is 3. The first-order chi connectivity index (χ1) is 12.0. The number of nitrogens with one attached hydrogen (secondary N) is 3. The zero-order chi connectivity index (χ0) is 18.0. The predicted molar refractivity (Wildman–Crippen MR) is 86.8 cm³/mol. The van der Waals surface area contributed by atoms with Crippen LogP contribution >= 0.6 is 0 Å². The largest absolute Gasteiger partial charge is 0.508 e. The second-order valence-corrected chi connectivity index (χ2v) is 6.08. The number of rotatable bonds is 4. The van der Waals surface area contributed by atoms with E-state index in [0.29, 0.717) is 19.6 Å². The van der Waals surface area contributed by atoms with Gasteiger partial charge in [0.15, 0.2) is 5.41 Å². The van der Waals surface area contributed by atoms with Crippen molar-refractivity contribution in [2.45, 2.75) is 11.5 Å². The van der Waals surface area contributed by atoms with Crippen LogP contribution in [0.2, 0.25) is 0 Å². The molecule has 5 N–H and O–H groups in total. The molecule has 3 rings (SSSR count). The van der Waals surface area contributed by atoms with Crippen LogP contribution in [0, 0.1) is 0 Å². The first kappa shape index (κ1) is 17.3. The molecule has 0 bridgehead atoms. The van der Waals surface area contributed by atoms with Gasteiger partial charge >= 0.3 is 6.03 Å². The van der Waals surface area contributed by atoms with Crippen LogP contribution in [-0.4, -0.2) is 71.8 Å². The van der Waals surface area contributed by atoms with Crippen molar-refractivity contribution in [2.75, 3.05) is 32.8 Å². The lowest BCUT2D eigenvalue weighted by molar-refractivity contribution is -0.143. The standard InChI is InChI=1S/C16H20N4O5/c21-7-6-20-5-4-17-9-12(20)16(10-2-1-3-11(22)8-10)13(23)18-15(25)19-14(16)24/h1-3,8,12,17,21-22H,4-7,9H2,(H2,18,19,23,24,25). The van der Waals surface area contributed by atoms with Gasteiger partial charge in [-0.3, -0.25) is 25.1 Å². The third-order valence-corrected chi connectivity index (χ3v) is 4.71. The number of hydrogen-bond acceptors (Lipinski definition) is 7. The van der Waals surface area contributed by atoms with Crippen molar-refractivity contribution in [3.63, 3.8) is 0 Å². The van der Waals surface area contributed by atoms with Crippen LogP contribution in [0.5, 0.6) is 5.75 Å². The van der Waals surface area contributed by atoms with Gasteiger partial charge in [0.1, 0.15) is 5.75 Å². The van der Waals surface area contributed by atoms with Gasteiger partial charge < -0.3 is 15.5 Å². The maximum absolute atomic E-state index is 12.9. The van der Waals surface area contributed by atoms with Crippen molar-refractivity contribution in [3.8, 4) is 5.75 Å². The molecule has 0 saturated carbocycles. The minimum atomic E-state index is -1.73. The van der Waals surface area contributed by atoms with E-state index in [2.05, 4.69) is 16.0 Å². The molecule has 4 amide bonds. The zero-order valence-electron chi connectivity index (χ0n) is 13.5. The molecular weight excluding hydrogens is 328 g/mol. The van der Waals surface area contributed by atoms with Crippen LogP contribution in [0.3, 0.4) is 0 Å². The third-order valence-electron chi connectivity index (χ3n) is 4.71. The van der Waals surface area contributed by atoms with Gasteiger partial charge in [0.05, 0.1) is 6.61 Å². The molecule has 9 heteroatoms. The Kier molecular flexibility index (Phi) is 4.71. The summed E-state index contributed by atoms with van der Waals surface area (Å²) in [5.74, 6) is -1.58. The summed E-state index contributed by atoms with van der Waals surface area (Å²) in [5.41, 5.74) is -1.44. The van der Waals surface area contributed by atoms with Gasteiger partial charge in [-0.05, 0) is 17.7 Å². The van der Waals surface area contributed by atoms with E-state index in [1.54, 1.807) is 6.07 Å². The quantitative estimate of drug-likeness (QED) is 0.408. The van der Waals surface area contributed by atoms with E-state index in [0.717, 1.165) is 0 Å². The van der Waals surface area contributed by atoms with Crippen LogP contribution in [0.15, 0.2) is 24.3 Å². The Balaban J connectivity index is 2.16. The van der Waals surface area contributed by atoms with Gasteiger partial charge in [-0.15, -0.1) is 0 Å². The van der Waals surface area contributed by atoms with Gasteiger partial charge in [-0.2, -0.15) is 0 Å². The van der Waals surface area contributed by atoms with Crippen LogP contribution in [0.1, 0.15) is 5.56 Å². The first-order valence-electron chi connectivity index (χ1n) is 8.02. The van der Waals surface area contributed by atoms with E-state index in [1.165, 1.54) is 18.2 Å². The van der Waals surface area contributed by atoms with Crippen molar-refractivity contribution >= 4 is 17.8 Å². The fourth-order valence-corrected chi connectivity index (χ4v) is 3.62. The second-order valence-electron chi connectivity index (χ2n) is 6.08. The molecule has 2 aliphatic rings. The van der Waals surface area contributed by atoms with Gasteiger partial charge in [0.25, 0.3) is 0 Å². The summed E-state index contributed by atoms with van der Waals surface area (Å²) in [7, 11) is 0. The molecule has 2 heterocycles. The molecule has 1 aromatic rings. The molecule has 0 aromatic heterocycles. The number of imide groups is 2. The number of β-amino-alcohol motifs (C(OH)–C–C–N with tert-alkyl or cyclic N) is 1. The molecular formula is C16H20N4O5. The number of carbonyl (C=O) groups is 3. The molecule has 0 radical (unpaired) electrons. The topological polar surface area (TPSA) is 131 Å². The molecule has 9 nitrogen and oxygen atoms in total. The monoisotopic (exact) mass is 348 g/mol. The number of phenols is 1. The lowest BCUT2D eigenvalue weighted by atomic mass is 9.70. The number of hydrogen-bond donors (Lipinski definition) is 5. The minimum Gasteiger partial charge on any atom is -0.508 e. The third kappa shape index (κ3) is 2.86. The summed E-state index contributed by atoms with van der Waals surface area (Å²) in [6.45, 7) is 1.63. The van der Waals surface area contributed by atoms with E-state index in [1.807, 2.05) is 4.90 Å². The minimum absolute atomic E-state index is 0.0909. The molecule has 1 unspecified atom stereocenters. The highest BCUT2D eigenvalue weighted by atomic mass is 16.3. The number of amides is 4. The number of piperazine rings is 1. The lowest BCUT2D eigenvalue weighted by Gasteiger charge is -2.47. The molecule has 1 aromatic carbocycles. The molecule has 2 saturated heterocycles. The number of urea groups is 1. The van der Waals surface area contributed by atoms with Crippen molar-refractivity contribution in [1.29, 1.82) is 0 Å². The fourth-order valence-electron chi connectivity index (χ4n) is 3.62. The van der Waals surface area contributed by atoms with Crippen molar-refractivity contribution in [1.82, 2.24) is 20.9 Å². The van der Waals surface area contributed by atoms with Crippen molar-refractivity contribution in [2.24, 2.45) is 0 Å². The molecule has 0 spiro atoms. The summed E-state index contributed by atoms with van der Waals surface area (Å²) in [6, 6.07) is 4.38. The summed E-state index contributed by atoms with van der Waals surface area (Å²) in [6.07, 6.45) is 0. The Morgan fingerprint density at radius 3 is 2.56 bits per heavy atom. The summed E-state index contributed by atoms with van der Waals surface area (Å²) in [4.78, 5) is 39.2. The highest BCUT2D eigenvalue weighted by Crippen LogP contribution is 2.36. The smallest absolute Gasteiger partial charge is 0.328 e. The molecule has 1 atom stereocenters. The van der Waals surface area contributed by atoms with Crippen LogP contribution < -0.4 is 16.0 Å². The van der Waals surface area contributed by atoms with Crippen LogP contribution in [-0.2, 0) is 15.0 Å². The average Bonchev–Trinajstić information content (AvgIpc) is 2.56. The van der Waals surface area contributed by atoms with Crippen molar-refractivity contribution in [3.05, 3.63) is 29.8 Å². The fraction of sp³-hybridized carbons (Fsp3) is 0.438. The molecule has 134 valence electrons. The second kappa shape index (κ2) is 6.79. The Labute approximate surface area is 144 Å². The van der Waals surface area contributed by atoms with Crippen LogP contribution in [0.25, 0.3) is 0 Å². The van der Waals surface area contributed by atoms with E-state index in [4.69, 9.17) is 0 Å². The number of phenolic OH excluding ortho intramolecular Hbond substituents is 1. The van der Waals surface area contributed by atoms with E-state index < -0.39 is 29.3 Å². The first-order valence-corrected chi connectivity index (χ1v) is 8.02. The number of barbiturate groups is 1. The van der Waals surface area contributed by atoms with E-state index >= 15 is 0 Å². The van der Waals surface area contributed by atoms with E-state index in [-0.39, 0.29) is 24.5 Å². The Bertz CT molecular complexity index is 686. The average molecular weight is 348 g/mol. The van der Waals surface area contributed by atoms with Crippen molar-refractivity contribution < 1.29 is 24.6 Å². The molecule has 25 heavy (non-hydrogen) atoms. The summed E-state index contributed by atoms with van der Waals surface area (Å²) < 4.78 is 0. The maximum Gasteiger partial charge on any atom is 0.328 e. The Morgan fingerprint density at radius 1 is 1.20 bits per heavy atom. The highest BCUT2D eigenvalue weighted by molar-refractivity contribution is 6.23. The Morgan fingerprint density at radius 2 is 1.92 bits per heavy atom. The molecule has 0 aliphatic carbocycles. The molecule has 2 aliphatic heterocycles. The zero-order valence-corrected chi connectivity index (χ0v) is 13.5.